The second-order valence-corrected chi connectivity index (χ2v) is 8.20. The monoisotopic (exact) mass is 404 g/mol. The quantitative estimate of drug-likeness (QED) is 0.347. The zero-order valence-corrected chi connectivity index (χ0v) is 16.7. The van der Waals surface area contributed by atoms with E-state index in [1.807, 2.05) is 36.4 Å². The fourth-order valence-electron chi connectivity index (χ4n) is 4.30. The molecule has 0 N–H and O–H groups in total. The molecule has 0 radical (unpaired) electrons. The van der Waals surface area contributed by atoms with Gasteiger partial charge in [0.2, 0.25) is 0 Å². The molecule has 4 aromatic carbocycles. The van der Waals surface area contributed by atoms with Crippen molar-refractivity contribution >= 4 is 34.0 Å². The number of fused-ring (bicyclic) bond motifs is 3. The van der Waals surface area contributed by atoms with E-state index < -0.39 is 0 Å². The van der Waals surface area contributed by atoms with Crippen LogP contribution in [-0.2, 0) is 11.8 Å². The fraction of sp³-hybridized carbons (Fsp3) is 0.120. The first kappa shape index (κ1) is 17.6. The Hall–Kier alpha value is -2.48. The zero-order valence-electron chi connectivity index (χ0n) is 15.2. The average Bonchev–Trinajstić information content (AvgIpc) is 2.73. The Balaban J connectivity index is 1.76. The van der Waals surface area contributed by atoms with Crippen molar-refractivity contribution < 1.29 is 4.74 Å². The molecule has 0 aliphatic carbocycles. The lowest BCUT2D eigenvalue weighted by Crippen LogP contribution is -2.40. The maximum atomic E-state index is 6.37. The predicted octanol–water partition coefficient (Wildman–Crippen LogP) is 7.07. The first-order valence-corrected chi connectivity index (χ1v) is 10.1. The van der Waals surface area contributed by atoms with Gasteiger partial charge in [0.1, 0.15) is 12.4 Å². The van der Waals surface area contributed by atoms with Crippen LogP contribution in [0.2, 0.25) is 10.0 Å². The highest BCUT2D eigenvalue weighted by atomic mass is 35.5. The maximum Gasteiger partial charge on any atom is 0.123 e. The summed E-state index contributed by atoms with van der Waals surface area (Å²) in [5, 5.41) is 3.90. The van der Waals surface area contributed by atoms with Gasteiger partial charge in [0.25, 0.3) is 0 Å². The summed E-state index contributed by atoms with van der Waals surface area (Å²) < 4.78 is 6.35. The van der Waals surface area contributed by atoms with Crippen LogP contribution in [0.25, 0.3) is 10.8 Å². The molecule has 1 heterocycles. The summed E-state index contributed by atoms with van der Waals surface area (Å²) >= 11 is 12.7. The van der Waals surface area contributed by atoms with Crippen LogP contribution >= 0.6 is 23.2 Å². The highest BCUT2D eigenvalue weighted by Gasteiger charge is 2.40. The van der Waals surface area contributed by atoms with Crippen molar-refractivity contribution in [1.29, 1.82) is 0 Å². The van der Waals surface area contributed by atoms with Crippen molar-refractivity contribution in [3.8, 4) is 5.75 Å². The van der Waals surface area contributed by atoms with Gasteiger partial charge >= 0.3 is 0 Å². The van der Waals surface area contributed by atoms with Crippen molar-refractivity contribution in [2.45, 2.75) is 11.8 Å². The molecule has 0 bridgehead atoms. The van der Waals surface area contributed by atoms with E-state index in [9.17, 15) is 0 Å². The van der Waals surface area contributed by atoms with E-state index in [0.29, 0.717) is 6.61 Å². The summed E-state index contributed by atoms with van der Waals surface area (Å²) in [6, 6.07) is 28.8. The van der Waals surface area contributed by atoms with Gasteiger partial charge in [-0.25, -0.2) is 0 Å². The van der Waals surface area contributed by atoms with Crippen LogP contribution in [-0.4, -0.2) is 6.61 Å². The van der Waals surface area contributed by atoms with Gasteiger partial charge in [-0.05, 0) is 58.7 Å². The molecule has 0 aromatic heterocycles. The highest BCUT2D eigenvalue weighted by Crippen LogP contribution is 2.45. The lowest BCUT2D eigenvalue weighted by molar-refractivity contribution is 0.216. The van der Waals surface area contributed by atoms with Gasteiger partial charge in [-0.3, -0.25) is 0 Å². The average molecular weight is 405 g/mol. The minimum Gasteiger partial charge on any atom is -0.492 e. The smallest absolute Gasteiger partial charge is 0.123 e. The van der Waals surface area contributed by atoms with Crippen LogP contribution in [0.3, 0.4) is 0 Å². The number of hydrogen-bond acceptors (Lipinski definition) is 1. The van der Waals surface area contributed by atoms with Gasteiger partial charge in [0, 0.05) is 15.6 Å². The molecule has 0 atom stereocenters. The molecular formula is C25H18Cl2O. The van der Waals surface area contributed by atoms with Crippen LogP contribution in [0.4, 0.5) is 0 Å². The van der Waals surface area contributed by atoms with Crippen molar-refractivity contribution in [1.82, 2.24) is 0 Å². The molecule has 1 nitrogen and oxygen atoms in total. The van der Waals surface area contributed by atoms with Gasteiger partial charge in [-0.1, -0.05) is 77.8 Å². The Morgan fingerprint density at radius 1 is 0.714 bits per heavy atom. The van der Waals surface area contributed by atoms with Gasteiger partial charge in [-0.2, -0.15) is 0 Å². The lowest BCUT2D eigenvalue weighted by Gasteiger charge is -2.39. The van der Waals surface area contributed by atoms with E-state index in [1.165, 1.54) is 16.3 Å². The van der Waals surface area contributed by atoms with Gasteiger partial charge < -0.3 is 4.74 Å². The van der Waals surface area contributed by atoms with E-state index in [1.54, 1.807) is 0 Å². The highest BCUT2D eigenvalue weighted by molar-refractivity contribution is 6.31. The first-order valence-electron chi connectivity index (χ1n) is 9.31. The molecular weight excluding hydrogens is 387 g/mol. The molecule has 5 rings (SSSR count). The van der Waals surface area contributed by atoms with Crippen molar-refractivity contribution in [3.05, 3.63) is 112 Å². The maximum absolute atomic E-state index is 6.37. The Morgan fingerprint density at radius 3 is 2.07 bits per heavy atom. The van der Waals surface area contributed by atoms with Crippen LogP contribution < -0.4 is 4.74 Å². The second-order valence-electron chi connectivity index (χ2n) is 7.33. The zero-order chi connectivity index (χ0) is 19.1. The van der Waals surface area contributed by atoms with E-state index >= 15 is 0 Å². The third-order valence-electron chi connectivity index (χ3n) is 5.70. The topological polar surface area (TPSA) is 9.23 Å². The molecule has 0 saturated carbocycles. The Morgan fingerprint density at radius 2 is 1.39 bits per heavy atom. The van der Waals surface area contributed by atoms with Crippen molar-refractivity contribution in [2.24, 2.45) is 0 Å². The minimum absolute atomic E-state index is 0.354. The van der Waals surface area contributed by atoms with E-state index in [2.05, 4.69) is 48.5 Å². The number of benzene rings is 4. The molecule has 1 aliphatic heterocycles. The molecule has 1 aliphatic rings. The van der Waals surface area contributed by atoms with E-state index in [0.717, 1.165) is 33.3 Å². The normalized spacial score (nSPS) is 15.1. The molecule has 28 heavy (non-hydrogen) atoms. The molecule has 0 unspecified atom stereocenters. The molecule has 4 aromatic rings. The predicted molar refractivity (Wildman–Crippen MR) is 117 cm³/mol. The Bertz CT molecular complexity index is 1140. The van der Waals surface area contributed by atoms with Crippen molar-refractivity contribution in [2.75, 3.05) is 6.61 Å². The Labute approximate surface area is 174 Å². The molecule has 0 amide bonds. The number of rotatable bonds is 2. The third-order valence-corrected chi connectivity index (χ3v) is 6.17. The standard InChI is InChI=1S/C25H18Cl2O/c26-20-8-3-6-18(13-20)25(19-7-4-9-21(27)14-19)15-23-22-10-2-1-5-17(22)11-12-24(23)28-16-25/h1-14H,15-16H2. The van der Waals surface area contributed by atoms with Crippen LogP contribution in [0, 0.1) is 0 Å². The molecule has 0 fully saturated rings. The van der Waals surface area contributed by atoms with Crippen LogP contribution in [0.1, 0.15) is 16.7 Å². The molecule has 0 saturated heterocycles. The molecule has 0 spiro atoms. The number of ether oxygens (including phenoxy) is 1. The van der Waals surface area contributed by atoms with E-state index in [-0.39, 0.29) is 5.41 Å². The summed E-state index contributed by atoms with van der Waals surface area (Å²) in [5.74, 6) is 0.957. The summed E-state index contributed by atoms with van der Waals surface area (Å²) in [7, 11) is 0. The molecule has 138 valence electrons. The lowest BCUT2D eigenvalue weighted by atomic mass is 9.69. The molecule has 3 heteroatoms. The van der Waals surface area contributed by atoms with Gasteiger partial charge in [0.05, 0.1) is 5.41 Å². The first-order chi connectivity index (χ1) is 13.7. The minimum atomic E-state index is -0.354. The third kappa shape index (κ3) is 2.87. The summed E-state index contributed by atoms with van der Waals surface area (Å²) in [6.45, 7) is 0.541. The largest absolute Gasteiger partial charge is 0.492 e. The van der Waals surface area contributed by atoms with Crippen LogP contribution in [0.15, 0.2) is 84.9 Å². The number of halogens is 2. The SMILES string of the molecule is Clc1cccc(C2(c3cccc(Cl)c3)COc3ccc4ccccc4c3C2)c1. The van der Waals surface area contributed by atoms with Gasteiger partial charge in [0.15, 0.2) is 0 Å². The Kier molecular flexibility index (Phi) is 4.30. The summed E-state index contributed by atoms with van der Waals surface area (Å²) in [5.41, 5.74) is 3.15. The summed E-state index contributed by atoms with van der Waals surface area (Å²) in [4.78, 5) is 0. The fourth-order valence-corrected chi connectivity index (χ4v) is 4.68. The van der Waals surface area contributed by atoms with Crippen molar-refractivity contribution in [3.63, 3.8) is 0 Å². The van der Waals surface area contributed by atoms with E-state index in [4.69, 9.17) is 27.9 Å². The van der Waals surface area contributed by atoms with Gasteiger partial charge in [-0.15, -0.1) is 0 Å². The number of hydrogen-bond donors (Lipinski definition) is 0. The second kappa shape index (κ2) is 6.84. The summed E-state index contributed by atoms with van der Waals surface area (Å²) in [6.07, 6.45) is 0.824. The van der Waals surface area contributed by atoms with Crippen LogP contribution in [0.5, 0.6) is 5.75 Å².